The van der Waals surface area contributed by atoms with Gasteiger partial charge in [-0.3, -0.25) is 9.88 Å². The van der Waals surface area contributed by atoms with Crippen LogP contribution in [0.4, 0.5) is 0 Å². The molecule has 1 saturated heterocycles. The van der Waals surface area contributed by atoms with Crippen molar-refractivity contribution in [1.82, 2.24) is 15.2 Å². The molecule has 19 heavy (non-hydrogen) atoms. The van der Waals surface area contributed by atoms with Crippen LogP contribution in [0.3, 0.4) is 0 Å². The molecule has 0 amide bonds. The first-order chi connectivity index (χ1) is 8.88. The molecule has 1 aliphatic heterocycles. The van der Waals surface area contributed by atoms with E-state index in [-0.39, 0.29) is 5.54 Å². The second kappa shape index (κ2) is 5.59. The molecule has 3 nitrogen and oxygen atoms in total. The van der Waals surface area contributed by atoms with Crippen LogP contribution in [0.1, 0.15) is 39.1 Å². The van der Waals surface area contributed by atoms with Crippen LogP contribution >= 0.6 is 0 Å². The Morgan fingerprint density at radius 3 is 2.79 bits per heavy atom. The first-order valence-electron chi connectivity index (χ1n) is 7.29. The second-order valence-electron chi connectivity index (χ2n) is 6.69. The van der Waals surface area contributed by atoms with E-state index < -0.39 is 0 Å². The van der Waals surface area contributed by atoms with Gasteiger partial charge >= 0.3 is 0 Å². The lowest BCUT2D eigenvalue weighted by molar-refractivity contribution is 0.0463. The van der Waals surface area contributed by atoms with Crippen molar-refractivity contribution in [3.8, 4) is 0 Å². The minimum absolute atomic E-state index is 0.191. The highest BCUT2D eigenvalue weighted by atomic mass is 15.3. The molecule has 1 fully saturated rings. The van der Waals surface area contributed by atoms with Crippen molar-refractivity contribution in [2.45, 2.75) is 52.7 Å². The van der Waals surface area contributed by atoms with Crippen LogP contribution in [-0.2, 0) is 6.54 Å². The van der Waals surface area contributed by atoms with E-state index in [0.717, 1.165) is 25.3 Å². The largest absolute Gasteiger partial charge is 0.311 e. The topological polar surface area (TPSA) is 28.2 Å². The molecule has 0 bridgehead atoms. The zero-order valence-electron chi connectivity index (χ0n) is 12.9. The summed E-state index contributed by atoms with van der Waals surface area (Å²) >= 11 is 0. The standard InChI is InChI=1S/C16H27N3/c1-12(2)15-10-19(16(4,5)11-17-15)9-14-8-6-7-13(3)18-14/h6-8,12,15,17H,9-11H2,1-5H3. The Morgan fingerprint density at radius 1 is 1.42 bits per heavy atom. The van der Waals surface area contributed by atoms with E-state index in [4.69, 9.17) is 0 Å². The third-order valence-corrected chi connectivity index (χ3v) is 4.17. The Bertz CT molecular complexity index is 426. The van der Waals surface area contributed by atoms with Crippen LogP contribution in [-0.4, -0.2) is 34.6 Å². The van der Waals surface area contributed by atoms with Gasteiger partial charge in [-0.05, 0) is 38.8 Å². The van der Waals surface area contributed by atoms with Gasteiger partial charge in [-0.25, -0.2) is 0 Å². The van der Waals surface area contributed by atoms with E-state index in [0.29, 0.717) is 12.0 Å². The molecular formula is C16H27N3. The van der Waals surface area contributed by atoms with Gasteiger partial charge in [0, 0.05) is 36.9 Å². The lowest BCUT2D eigenvalue weighted by atomic mass is 9.92. The van der Waals surface area contributed by atoms with Gasteiger partial charge in [0.05, 0.1) is 5.69 Å². The molecule has 1 atom stereocenters. The predicted molar refractivity (Wildman–Crippen MR) is 80.1 cm³/mol. The fraction of sp³-hybridized carbons (Fsp3) is 0.688. The van der Waals surface area contributed by atoms with Gasteiger partial charge < -0.3 is 5.32 Å². The lowest BCUT2D eigenvalue weighted by Gasteiger charge is -2.47. The van der Waals surface area contributed by atoms with E-state index in [2.05, 4.69) is 68.0 Å². The Kier molecular flexibility index (Phi) is 4.26. The first-order valence-corrected chi connectivity index (χ1v) is 7.29. The maximum absolute atomic E-state index is 4.64. The molecule has 0 spiro atoms. The Morgan fingerprint density at radius 2 is 2.16 bits per heavy atom. The maximum atomic E-state index is 4.64. The number of pyridine rings is 1. The zero-order valence-corrected chi connectivity index (χ0v) is 12.9. The molecule has 0 aliphatic carbocycles. The summed E-state index contributed by atoms with van der Waals surface area (Å²) in [6, 6.07) is 6.88. The fourth-order valence-corrected chi connectivity index (χ4v) is 2.65. The maximum Gasteiger partial charge on any atom is 0.0547 e. The molecule has 0 radical (unpaired) electrons. The fourth-order valence-electron chi connectivity index (χ4n) is 2.65. The summed E-state index contributed by atoms with van der Waals surface area (Å²) < 4.78 is 0. The van der Waals surface area contributed by atoms with Crippen molar-refractivity contribution in [1.29, 1.82) is 0 Å². The molecule has 3 heteroatoms. The minimum atomic E-state index is 0.191. The van der Waals surface area contributed by atoms with Crippen molar-refractivity contribution in [3.63, 3.8) is 0 Å². The van der Waals surface area contributed by atoms with Gasteiger partial charge in [-0.1, -0.05) is 19.9 Å². The molecule has 0 aromatic carbocycles. The van der Waals surface area contributed by atoms with E-state index in [1.54, 1.807) is 0 Å². The Balaban J connectivity index is 2.11. The average Bonchev–Trinajstić information content (AvgIpc) is 2.31. The number of nitrogens with one attached hydrogen (secondary N) is 1. The van der Waals surface area contributed by atoms with Gasteiger partial charge in [0.2, 0.25) is 0 Å². The summed E-state index contributed by atoms with van der Waals surface area (Å²) in [5.74, 6) is 0.670. The first kappa shape index (κ1) is 14.5. The van der Waals surface area contributed by atoms with Crippen molar-refractivity contribution >= 4 is 0 Å². The second-order valence-corrected chi connectivity index (χ2v) is 6.69. The molecule has 2 heterocycles. The highest BCUT2D eigenvalue weighted by Crippen LogP contribution is 2.23. The molecule has 1 aromatic heterocycles. The van der Waals surface area contributed by atoms with Gasteiger partial charge in [0.25, 0.3) is 0 Å². The van der Waals surface area contributed by atoms with Crippen molar-refractivity contribution in [3.05, 3.63) is 29.6 Å². The smallest absolute Gasteiger partial charge is 0.0547 e. The SMILES string of the molecule is Cc1cccc(CN2CC(C(C)C)NCC2(C)C)n1. The predicted octanol–water partition coefficient (Wildman–Crippen LogP) is 2.60. The van der Waals surface area contributed by atoms with E-state index in [1.807, 2.05) is 0 Å². The van der Waals surface area contributed by atoms with Crippen LogP contribution in [0, 0.1) is 12.8 Å². The third kappa shape index (κ3) is 3.54. The molecule has 0 saturated carbocycles. The molecule has 1 unspecified atom stereocenters. The van der Waals surface area contributed by atoms with Crippen LogP contribution in [0.15, 0.2) is 18.2 Å². The third-order valence-electron chi connectivity index (χ3n) is 4.17. The van der Waals surface area contributed by atoms with Gasteiger partial charge in [0.15, 0.2) is 0 Å². The van der Waals surface area contributed by atoms with E-state index in [9.17, 15) is 0 Å². The average molecular weight is 261 g/mol. The quantitative estimate of drug-likeness (QED) is 0.906. The summed E-state index contributed by atoms with van der Waals surface area (Å²) in [5, 5.41) is 3.67. The van der Waals surface area contributed by atoms with Gasteiger partial charge in [-0.2, -0.15) is 0 Å². The summed E-state index contributed by atoms with van der Waals surface area (Å²) in [7, 11) is 0. The number of nitrogens with zero attached hydrogens (tertiary/aromatic N) is 2. The van der Waals surface area contributed by atoms with Crippen molar-refractivity contribution in [2.24, 2.45) is 5.92 Å². The summed E-state index contributed by atoms with van der Waals surface area (Å²) in [5.41, 5.74) is 2.47. The molecule has 2 rings (SSSR count). The van der Waals surface area contributed by atoms with Crippen LogP contribution in [0.2, 0.25) is 0 Å². The summed E-state index contributed by atoms with van der Waals surface area (Å²) in [6.45, 7) is 14.3. The monoisotopic (exact) mass is 261 g/mol. The van der Waals surface area contributed by atoms with E-state index in [1.165, 1.54) is 5.69 Å². The number of hydrogen-bond donors (Lipinski definition) is 1. The zero-order chi connectivity index (χ0) is 14.0. The molecule has 1 aromatic rings. The van der Waals surface area contributed by atoms with Crippen LogP contribution in [0.5, 0.6) is 0 Å². The summed E-state index contributed by atoms with van der Waals surface area (Å²) in [6.07, 6.45) is 0. The Hall–Kier alpha value is -0.930. The molecule has 106 valence electrons. The normalized spacial score (nSPS) is 23.8. The number of piperazine rings is 1. The van der Waals surface area contributed by atoms with Crippen LogP contribution < -0.4 is 5.32 Å². The van der Waals surface area contributed by atoms with Gasteiger partial charge in [-0.15, -0.1) is 0 Å². The molecule has 1 aliphatic rings. The molecular weight excluding hydrogens is 234 g/mol. The van der Waals surface area contributed by atoms with E-state index >= 15 is 0 Å². The highest BCUT2D eigenvalue weighted by Gasteiger charge is 2.34. The number of aryl methyl sites for hydroxylation is 1. The van der Waals surface area contributed by atoms with Gasteiger partial charge in [0.1, 0.15) is 0 Å². The van der Waals surface area contributed by atoms with Crippen LogP contribution in [0.25, 0.3) is 0 Å². The number of rotatable bonds is 3. The van der Waals surface area contributed by atoms with Crippen molar-refractivity contribution in [2.75, 3.05) is 13.1 Å². The Labute approximate surface area is 117 Å². The highest BCUT2D eigenvalue weighted by molar-refractivity contribution is 5.11. The summed E-state index contributed by atoms with van der Waals surface area (Å²) in [4.78, 5) is 7.21. The number of hydrogen-bond acceptors (Lipinski definition) is 3. The minimum Gasteiger partial charge on any atom is -0.311 e. The molecule has 1 N–H and O–H groups in total. The number of aromatic nitrogens is 1. The van der Waals surface area contributed by atoms with Crippen molar-refractivity contribution < 1.29 is 0 Å². The lowest BCUT2D eigenvalue weighted by Crippen LogP contribution is -2.62.